The molecule has 4 aromatic rings. The van der Waals surface area contributed by atoms with Gasteiger partial charge in [-0.3, -0.25) is 0 Å². The van der Waals surface area contributed by atoms with E-state index in [2.05, 4.69) is 24.3 Å². The van der Waals surface area contributed by atoms with E-state index in [0.29, 0.717) is 46.0 Å². The van der Waals surface area contributed by atoms with E-state index in [4.69, 9.17) is 37.9 Å². The van der Waals surface area contributed by atoms with Crippen LogP contribution in [-0.4, -0.2) is 56.9 Å². The standard InChI is InChI=1S/4C8H9O2.2Cr/c4*1-9-7-4-3-5-8(6-7)10-2;;/h4*3-5H,1-2H3;;/q4*-1;2*+2. The molecule has 0 spiro atoms. The fourth-order valence-corrected chi connectivity index (χ4v) is 2.66. The molecule has 0 heterocycles. The van der Waals surface area contributed by atoms with Crippen molar-refractivity contribution in [3.8, 4) is 46.0 Å². The van der Waals surface area contributed by atoms with Crippen molar-refractivity contribution in [1.29, 1.82) is 0 Å². The van der Waals surface area contributed by atoms with E-state index in [1.807, 2.05) is 72.8 Å². The average molecular weight is 653 g/mol. The molecule has 0 aliphatic rings. The number of rotatable bonds is 8. The molecule has 0 N–H and O–H groups in total. The molecular formula is C32H36Cr2O8. The minimum absolute atomic E-state index is 0. The van der Waals surface area contributed by atoms with Crippen molar-refractivity contribution >= 4 is 0 Å². The summed E-state index contributed by atoms with van der Waals surface area (Å²) >= 11 is 0. The molecule has 224 valence electrons. The molecule has 42 heavy (non-hydrogen) atoms. The van der Waals surface area contributed by atoms with Crippen LogP contribution in [0.3, 0.4) is 0 Å². The van der Waals surface area contributed by atoms with Gasteiger partial charge in [0.15, 0.2) is 0 Å². The zero-order valence-corrected chi connectivity index (χ0v) is 27.6. The van der Waals surface area contributed by atoms with Gasteiger partial charge in [0.25, 0.3) is 0 Å². The molecular weight excluding hydrogens is 616 g/mol. The first kappa shape index (κ1) is 40.5. The molecule has 0 atom stereocenters. The topological polar surface area (TPSA) is 73.8 Å². The predicted molar refractivity (Wildman–Crippen MR) is 154 cm³/mol. The maximum Gasteiger partial charge on any atom is 2.00 e. The maximum absolute atomic E-state index is 4.92. The molecule has 8 nitrogen and oxygen atoms in total. The Kier molecular flexibility index (Phi) is 24.2. The molecule has 0 aliphatic carbocycles. The Bertz CT molecular complexity index is 957. The number of hydrogen-bond acceptors (Lipinski definition) is 8. The van der Waals surface area contributed by atoms with Gasteiger partial charge in [0.1, 0.15) is 0 Å². The van der Waals surface area contributed by atoms with Gasteiger partial charge in [0.05, 0.1) is 56.9 Å². The summed E-state index contributed by atoms with van der Waals surface area (Å²) in [5.74, 6) is 5.55. The molecule has 4 aromatic carbocycles. The SMILES string of the molecule is COc1[c-]c(OC)ccc1.COc1[c-]c(OC)ccc1.COc1[c-]c(OC)ccc1.COc1[c-]c(OC)ccc1.[Cr+2].[Cr+2]. The summed E-state index contributed by atoms with van der Waals surface area (Å²) in [6.45, 7) is 0. The van der Waals surface area contributed by atoms with Crippen molar-refractivity contribution in [3.05, 3.63) is 97.1 Å². The molecule has 0 bridgehead atoms. The minimum Gasteiger partial charge on any atom is -0.522 e. The van der Waals surface area contributed by atoms with Gasteiger partial charge in [0.2, 0.25) is 0 Å². The summed E-state index contributed by atoms with van der Waals surface area (Å²) in [4.78, 5) is 0. The zero-order chi connectivity index (χ0) is 29.6. The van der Waals surface area contributed by atoms with Crippen molar-refractivity contribution < 1.29 is 72.6 Å². The Morgan fingerprint density at radius 2 is 0.405 bits per heavy atom. The van der Waals surface area contributed by atoms with Gasteiger partial charge in [-0.05, 0) is 0 Å². The van der Waals surface area contributed by atoms with Gasteiger partial charge in [-0.1, -0.05) is 24.3 Å². The molecule has 4 rings (SSSR count). The normalized spacial score (nSPS) is 8.57. The van der Waals surface area contributed by atoms with Crippen molar-refractivity contribution in [2.75, 3.05) is 56.9 Å². The fraction of sp³-hybridized carbons (Fsp3) is 0.250. The molecule has 0 aliphatic heterocycles. The largest absolute Gasteiger partial charge is 2.00 e. The first-order valence-corrected chi connectivity index (χ1v) is 11.9. The van der Waals surface area contributed by atoms with E-state index in [1.54, 1.807) is 56.9 Å². The summed E-state index contributed by atoms with van der Waals surface area (Å²) in [7, 11) is 12.8. The third kappa shape index (κ3) is 16.6. The minimum atomic E-state index is 0. The maximum atomic E-state index is 4.92. The Labute approximate surface area is 271 Å². The van der Waals surface area contributed by atoms with Gasteiger partial charge in [-0.2, -0.15) is 24.3 Å². The van der Waals surface area contributed by atoms with Gasteiger partial charge in [-0.15, -0.1) is 48.5 Å². The van der Waals surface area contributed by atoms with Gasteiger partial charge in [0, 0.05) is 46.0 Å². The molecule has 0 saturated heterocycles. The van der Waals surface area contributed by atoms with Crippen molar-refractivity contribution in [2.45, 2.75) is 0 Å². The molecule has 0 radical (unpaired) electrons. The van der Waals surface area contributed by atoms with Crippen LogP contribution in [0.4, 0.5) is 0 Å². The first-order valence-electron chi connectivity index (χ1n) is 11.9. The number of hydrogen-bond donors (Lipinski definition) is 0. The van der Waals surface area contributed by atoms with E-state index >= 15 is 0 Å². The second-order valence-corrected chi connectivity index (χ2v) is 7.15. The number of ether oxygens (including phenoxy) is 8. The second-order valence-electron chi connectivity index (χ2n) is 7.15. The first-order chi connectivity index (χ1) is 19.5. The molecule has 0 amide bonds. The van der Waals surface area contributed by atoms with Crippen molar-refractivity contribution in [2.24, 2.45) is 0 Å². The summed E-state index contributed by atoms with van der Waals surface area (Å²) in [6.07, 6.45) is 0. The predicted octanol–water partition coefficient (Wildman–Crippen LogP) is 6.01. The van der Waals surface area contributed by atoms with Crippen molar-refractivity contribution in [1.82, 2.24) is 0 Å². The Balaban J connectivity index is 0. The van der Waals surface area contributed by atoms with Crippen molar-refractivity contribution in [3.63, 3.8) is 0 Å². The van der Waals surface area contributed by atoms with Crippen LogP contribution in [0.25, 0.3) is 0 Å². The van der Waals surface area contributed by atoms with Crippen LogP contribution in [0.15, 0.2) is 72.8 Å². The molecule has 0 saturated carbocycles. The van der Waals surface area contributed by atoms with E-state index in [0.717, 1.165) is 0 Å². The Hall–Kier alpha value is -3.66. The van der Waals surface area contributed by atoms with Crippen LogP contribution >= 0.6 is 0 Å². The van der Waals surface area contributed by atoms with Crippen LogP contribution in [0.1, 0.15) is 0 Å². The second kappa shape index (κ2) is 25.1. The average Bonchev–Trinajstić information content (AvgIpc) is 3.05. The summed E-state index contributed by atoms with van der Waals surface area (Å²) in [5.41, 5.74) is 0. The van der Waals surface area contributed by atoms with E-state index in [9.17, 15) is 0 Å². The van der Waals surface area contributed by atoms with E-state index in [1.165, 1.54) is 0 Å². The summed E-state index contributed by atoms with van der Waals surface area (Å²) in [6, 6.07) is 33.6. The molecule has 0 unspecified atom stereocenters. The third-order valence-electron chi connectivity index (χ3n) is 4.73. The van der Waals surface area contributed by atoms with Crippen LogP contribution in [-0.2, 0) is 34.7 Å². The summed E-state index contributed by atoms with van der Waals surface area (Å²) in [5, 5.41) is 0. The Morgan fingerprint density at radius 3 is 0.500 bits per heavy atom. The quantitative estimate of drug-likeness (QED) is 0.215. The van der Waals surface area contributed by atoms with Crippen LogP contribution in [0, 0.1) is 24.3 Å². The fourth-order valence-electron chi connectivity index (χ4n) is 2.66. The molecule has 0 aromatic heterocycles. The van der Waals surface area contributed by atoms with Gasteiger partial charge in [-0.25, -0.2) is 0 Å². The van der Waals surface area contributed by atoms with E-state index < -0.39 is 0 Å². The zero-order valence-electron chi connectivity index (χ0n) is 25.0. The van der Waals surface area contributed by atoms with Gasteiger partial charge >= 0.3 is 34.7 Å². The van der Waals surface area contributed by atoms with E-state index in [-0.39, 0.29) is 34.7 Å². The number of methoxy groups -OCH3 is 8. The molecule has 0 fully saturated rings. The van der Waals surface area contributed by atoms with Gasteiger partial charge < -0.3 is 37.9 Å². The molecule has 10 heteroatoms. The smallest absolute Gasteiger partial charge is 0.522 e. The van der Waals surface area contributed by atoms with Crippen LogP contribution < -0.4 is 37.9 Å². The van der Waals surface area contributed by atoms with Crippen LogP contribution in [0.5, 0.6) is 46.0 Å². The monoisotopic (exact) mass is 652 g/mol. The summed E-state index contributed by atoms with van der Waals surface area (Å²) < 4.78 is 39.4. The Morgan fingerprint density at radius 1 is 0.286 bits per heavy atom. The van der Waals surface area contributed by atoms with Crippen LogP contribution in [0.2, 0.25) is 0 Å². The third-order valence-corrected chi connectivity index (χ3v) is 4.73. The number of benzene rings is 4.